The van der Waals surface area contributed by atoms with Crippen molar-refractivity contribution in [2.24, 2.45) is 0 Å². The van der Waals surface area contributed by atoms with Crippen molar-refractivity contribution in [1.29, 1.82) is 0 Å². The van der Waals surface area contributed by atoms with Crippen molar-refractivity contribution in [3.8, 4) is 0 Å². The van der Waals surface area contributed by atoms with Crippen LogP contribution in [0.4, 0.5) is 5.82 Å². The van der Waals surface area contributed by atoms with E-state index in [2.05, 4.69) is 30.5 Å². The Morgan fingerprint density at radius 1 is 1.47 bits per heavy atom. The second-order valence-corrected chi connectivity index (χ2v) is 4.42. The minimum atomic E-state index is -0.487. The summed E-state index contributed by atoms with van der Waals surface area (Å²) in [7, 11) is 1.33. The minimum Gasteiger partial charge on any atom is -0.464 e. The van der Waals surface area contributed by atoms with Crippen molar-refractivity contribution in [3.05, 3.63) is 11.5 Å². The first-order chi connectivity index (χ1) is 7.91. The molecule has 5 nitrogen and oxygen atoms in total. The van der Waals surface area contributed by atoms with Crippen molar-refractivity contribution in [3.63, 3.8) is 0 Å². The van der Waals surface area contributed by atoms with Crippen molar-refractivity contribution < 1.29 is 9.53 Å². The highest BCUT2D eigenvalue weighted by Gasteiger charge is 2.29. The highest BCUT2D eigenvalue weighted by atomic mass is 16.5. The van der Waals surface area contributed by atoms with Crippen molar-refractivity contribution in [2.75, 3.05) is 12.8 Å². The van der Waals surface area contributed by atoms with E-state index in [0.717, 1.165) is 18.7 Å². The molecule has 0 aliphatic heterocycles. The Labute approximate surface area is 102 Å². The van der Waals surface area contributed by atoms with Gasteiger partial charge in [-0.25, -0.2) is 9.78 Å². The average Bonchev–Trinajstić information content (AvgIpc) is 2.63. The largest absolute Gasteiger partial charge is 0.464 e. The summed E-state index contributed by atoms with van der Waals surface area (Å²) in [6.45, 7) is 8.16. The Hall–Kier alpha value is -1.52. The van der Waals surface area contributed by atoms with Gasteiger partial charge in [0.15, 0.2) is 5.69 Å². The topological polar surface area (TPSA) is 70.1 Å². The standard InChI is InChI=1S/C12H21N3O2/c1-6-12(4,7-2)15-8(3)14-9(10(15)13)11(16)17-5/h6-7,13H2,1-5H3. The second-order valence-electron chi connectivity index (χ2n) is 4.42. The van der Waals surface area contributed by atoms with Gasteiger partial charge in [0.05, 0.1) is 7.11 Å². The van der Waals surface area contributed by atoms with Crippen LogP contribution in [0.5, 0.6) is 0 Å². The molecule has 0 spiro atoms. The highest BCUT2D eigenvalue weighted by Crippen LogP contribution is 2.30. The van der Waals surface area contributed by atoms with E-state index in [1.165, 1.54) is 7.11 Å². The number of aromatic nitrogens is 2. The third kappa shape index (κ3) is 2.14. The molecule has 0 saturated heterocycles. The first-order valence-electron chi connectivity index (χ1n) is 5.84. The molecule has 1 aromatic heterocycles. The van der Waals surface area contributed by atoms with Gasteiger partial charge in [-0.1, -0.05) is 13.8 Å². The predicted octanol–water partition coefficient (Wildman–Crippen LogP) is 2.10. The number of rotatable bonds is 4. The fourth-order valence-electron chi connectivity index (χ4n) is 2.04. The van der Waals surface area contributed by atoms with Crippen molar-refractivity contribution in [1.82, 2.24) is 9.55 Å². The van der Waals surface area contributed by atoms with Crippen LogP contribution in [0.3, 0.4) is 0 Å². The summed E-state index contributed by atoms with van der Waals surface area (Å²) in [6, 6.07) is 0. The Kier molecular flexibility index (Phi) is 3.80. The number of hydrogen-bond acceptors (Lipinski definition) is 4. The number of esters is 1. The number of nitrogens with two attached hydrogens (primary N) is 1. The molecule has 0 bridgehead atoms. The summed E-state index contributed by atoms with van der Waals surface area (Å²) in [5.74, 6) is 0.647. The maximum Gasteiger partial charge on any atom is 0.360 e. The first kappa shape index (κ1) is 13.5. The van der Waals surface area contributed by atoms with Crippen molar-refractivity contribution >= 4 is 11.8 Å². The number of hydrogen-bond donors (Lipinski definition) is 1. The van der Waals surface area contributed by atoms with Crippen LogP contribution in [0.2, 0.25) is 0 Å². The molecule has 0 fully saturated rings. The summed E-state index contributed by atoms with van der Waals surface area (Å²) >= 11 is 0. The monoisotopic (exact) mass is 239 g/mol. The maximum absolute atomic E-state index is 11.5. The van der Waals surface area contributed by atoms with E-state index < -0.39 is 5.97 Å². The van der Waals surface area contributed by atoms with Crippen LogP contribution in [-0.4, -0.2) is 22.6 Å². The molecule has 0 aliphatic rings. The van der Waals surface area contributed by atoms with Crippen LogP contribution in [0, 0.1) is 6.92 Å². The predicted molar refractivity (Wildman–Crippen MR) is 66.9 cm³/mol. The Balaban J connectivity index is 3.36. The third-order valence-electron chi connectivity index (χ3n) is 3.52. The average molecular weight is 239 g/mol. The van der Waals surface area contributed by atoms with Gasteiger partial charge in [0.1, 0.15) is 11.6 Å². The van der Waals surface area contributed by atoms with Crippen LogP contribution in [-0.2, 0) is 10.3 Å². The molecule has 0 saturated carbocycles. The number of nitrogens with zero attached hydrogens (tertiary/aromatic N) is 2. The van der Waals surface area contributed by atoms with E-state index in [-0.39, 0.29) is 11.2 Å². The van der Waals surface area contributed by atoms with E-state index in [9.17, 15) is 4.79 Å². The smallest absolute Gasteiger partial charge is 0.360 e. The van der Waals surface area contributed by atoms with Gasteiger partial charge in [0.2, 0.25) is 0 Å². The zero-order valence-corrected chi connectivity index (χ0v) is 11.2. The van der Waals surface area contributed by atoms with Gasteiger partial charge < -0.3 is 15.0 Å². The third-order valence-corrected chi connectivity index (χ3v) is 3.52. The molecule has 0 amide bonds. The van der Waals surface area contributed by atoms with E-state index in [1.807, 2.05) is 11.5 Å². The van der Waals surface area contributed by atoms with Crippen LogP contribution in [0.1, 0.15) is 49.9 Å². The molecule has 1 aromatic rings. The first-order valence-corrected chi connectivity index (χ1v) is 5.84. The van der Waals surface area contributed by atoms with Crippen molar-refractivity contribution in [2.45, 2.75) is 46.1 Å². The Morgan fingerprint density at radius 3 is 2.41 bits per heavy atom. The van der Waals surface area contributed by atoms with Gasteiger partial charge in [0, 0.05) is 5.54 Å². The molecule has 1 heterocycles. The quantitative estimate of drug-likeness (QED) is 0.817. The number of aryl methyl sites for hydroxylation is 1. The van der Waals surface area contributed by atoms with Crippen LogP contribution in [0.15, 0.2) is 0 Å². The second kappa shape index (κ2) is 4.77. The molecule has 1 rings (SSSR count). The zero-order chi connectivity index (χ0) is 13.2. The molecule has 96 valence electrons. The highest BCUT2D eigenvalue weighted by molar-refractivity contribution is 5.92. The molecule has 0 atom stereocenters. The molecular formula is C12H21N3O2. The lowest BCUT2D eigenvalue weighted by atomic mass is 9.95. The minimum absolute atomic E-state index is 0.118. The van der Waals surface area contributed by atoms with Gasteiger partial charge in [0.25, 0.3) is 0 Å². The number of nitrogen functional groups attached to an aromatic ring is 1. The Morgan fingerprint density at radius 2 is 2.00 bits per heavy atom. The molecule has 0 aromatic carbocycles. The normalized spacial score (nSPS) is 11.6. The molecule has 0 unspecified atom stereocenters. The van der Waals surface area contributed by atoms with Gasteiger partial charge in [-0.2, -0.15) is 0 Å². The molecule has 2 N–H and O–H groups in total. The van der Waals surface area contributed by atoms with E-state index in [0.29, 0.717) is 5.82 Å². The van der Waals surface area contributed by atoms with Gasteiger partial charge >= 0.3 is 5.97 Å². The summed E-state index contributed by atoms with van der Waals surface area (Å²) in [5.41, 5.74) is 6.11. The fraction of sp³-hybridized carbons (Fsp3) is 0.667. The number of methoxy groups -OCH3 is 1. The number of imidazole rings is 1. The van der Waals surface area contributed by atoms with E-state index in [1.54, 1.807) is 0 Å². The molecule has 0 radical (unpaired) electrons. The van der Waals surface area contributed by atoms with Gasteiger partial charge in [-0.05, 0) is 26.7 Å². The fourth-order valence-corrected chi connectivity index (χ4v) is 2.04. The van der Waals surface area contributed by atoms with Gasteiger partial charge in [-0.15, -0.1) is 0 Å². The van der Waals surface area contributed by atoms with Gasteiger partial charge in [-0.3, -0.25) is 0 Å². The number of carbonyl (C=O) groups is 1. The molecular weight excluding hydrogens is 218 g/mol. The SMILES string of the molecule is CCC(C)(CC)n1c(C)nc(C(=O)OC)c1N. The summed E-state index contributed by atoms with van der Waals surface area (Å²) < 4.78 is 6.60. The summed E-state index contributed by atoms with van der Waals surface area (Å²) in [5, 5.41) is 0. The summed E-state index contributed by atoms with van der Waals surface area (Å²) in [6.07, 6.45) is 1.84. The summed E-state index contributed by atoms with van der Waals surface area (Å²) in [4.78, 5) is 15.7. The number of ether oxygens (including phenoxy) is 1. The molecule has 17 heavy (non-hydrogen) atoms. The maximum atomic E-state index is 11.5. The Bertz CT molecular complexity index is 420. The molecule has 0 aliphatic carbocycles. The molecule has 5 heteroatoms. The lowest BCUT2D eigenvalue weighted by molar-refractivity contribution is 0.0595. The zero-order valence-electron chi connectivity index (χ0n) is 11.2. The van der Waals surface area contributed by atoms with Crippen LogP contribution >= 0.6 is 0 Å². The van der Waals surface area contributed by atoms with Crippen LogP contribution in [0.25, 0.3) is 0 Å². The number of anilines is 1. The van der Waals surface area contributed by atoms with Crippen LogP contribution < -0.4 is 5.73 Å². The number of carbonyl (C=O) groups excluding carboxylic acids is 1. The van der Waals surface area contributed by atoms with E-state index >= 15 is 0 Å². The van der Waals surface area contributed by atoms with E-state index in [4.69, 9.17) is 5.73 Å². The lowest BCUT2D eigenvalue weighted by Crippen LogP contribution is -2.30. The lowest BCUT2D eigenvalue weighted by Gasteiger charge is -2.31.